The van der Waals surface area contributed by atoms with Crippen LogP contribution in [-0.4, -0.2) is 23.9 Å². The number of carbonyl (C=O) groups is 4. The number of esters is 4. The van der Waals surface area contributed by atoms with Crippen molar-refractivity contribution in [3.05, 3.63) is 296 Å². The van der Waals surface area contributed by atoms with Crippen LogP contribution >= 0.6 is 0 Å². The summed E-state index contributed by atoms with van der Waals surface area (Å²) in [4.78, 5) is 53.0. The molecule has 10 nitrogen and oxygen atoms in total. The van der Waals surface area contributed by atoms with Crippen LogP contribution in [0.15, 0.2) is 230 Å². The van der Waals surface area contributed by atoms with E-state index in [9.17, 15) is 19.2 Å². The van der Waals surface area contributed by atoms with Crippen molar-refractivity contribution in [1.29, 1.82) is 0 Å². The Hall–Kier alpha value is -10.1. The molecule has 0 spiro atoms. The fourth-order valence-corrected chi connectivity index (χ4v) is 8.08. The minimum atomic E-state index is -0.511. The average Bonchev–Trinajstić information content (AvgIpc) is 3.45. The molecule has 372 valence electrons. The Balaban J connectivity index is 1.02. The lowest BCUT2D eigenvalue weighted by Crippen LogP contribution is -2.09. The number of aryl methyl sites for hydroxylation is 4. The molecule has 2 heterocycles. The average molecular weight is 1000 g/mol. The van der Waals surface area contributed by atoms with E-state index >= 15 is 0 Å². The number of carbonyl (C=O) groups excluding carboxylic acids is 4. The molecular formula is C66H48O10. The maximum atomic E-state index is 13.3. The van der Waals surface area contributed by atoms with E-state index in [0.29, 0.717) is 90.5 Å². The third kappa shape index (κ3) is 11.9. The maximum Gasteiger partial charge on any atom is 0.343 e. The van der Waals surface area contributed by atoms with E-state index in [1.165, 1.54) is 0 Å². The summed E-state index contributed by atoms with van der Waals surface area (Å²) in [6.07, 6.45) is 7.59. The summed E-state index contributed by atoms with van der Waals surface area (Å²) in [5.74, 6) is 1.54. The van der Waals surface area contributed by atoms with Crippen molar-refractivity contribution in [2.24, 2.45) is 0 Å². The smallest absolute Gasteiger partial charge is 0.343 e. The predicted octanol–water partition coefficient (Wildman–Crippen LogP) is 14.6. The molecule has 0 atom stereocenters. The van der Waals surface area contributed by atoms with Gasteiger partial charge in [-0.15, -0.1) is 0 Å². The molecule has 0 amide bonds. The molecule has 2 aliphatic rings. The van der Waals surface area contributed by atoms with Crippen molar-refractivity contribution in [2.45, 2.75) is 27.7 Å². The highest BCUT2D eigenvalue weighted by molar-refractivity contribution is 5.94. The van der Waals surface area contributed by atoms with Crippen LogP contribution in [0.2, 0.25) is 0 Å². The molecule has 2 aliphatic heterocycles. The van der Waals surface area contributed by atoms with Gasteiger partial charge in [0.1, 0.15) is 46.0 Å². The summed E-state index contributed by atoms with van der Waals surface area (Å²) in [5, 5.41) is 0. The Morgan fingerprint density at radius 3 is 0.632 bits per heavy atom. The van der Waals surface area contributed by atoms with E-state index in [0.717, 1.165) is 33.4 Å². The van der Waals surface area contributed by atoms with Crippen molar-refractivity contribution in [2.75, 3.05) is 0 Å². The highest BCUT2D eigenvalue weighted by Crippen LogP contribution is 2.39. The zero-order valence-corrected chi connectivity index (χ0v) is 41.9. The van der Waals surface area contributed by atoms with Gasteiger partial charge in [-0.1, -0.05) is 119 Å². The van der Waals surface area contributed by atoms with Gasteiger partial charge in [0.25, 0.3) is 0 Å². The molecule has 10 rings (SSSR count). The van der Waals surface area contributed by atoms with Crippen LogP contribution in [0.4, 0.5) is 0 Å². The molecule has 0 aromatic heterocycles. The first-order chi connectivity index (χ1) is 36.8. The Labute approximate surface area is 439 Å². The second-order valence-electron chi connectivity index (χ2n) is 18.3. The molecule has 0 fully saturated rings. The zero-order chi connectivity index (χ0) is 52.7. The summed E-state index contributed by atoms with van der Waals surface area (Å²) in [6, 6.07) is 56.7. The number of benzene rings is 8. The van der Waals surface area contributed by atoms with Gasteiger partial charge in [-0.2, -0.15) is 0 Å². The maximum absolute atomic E-state index is 13.3. The number of allylic oxidation sites excluding steroid dienone is 6. The molecular weight excluding hydrogens is 953 g/mol. The monoisotopic (exact) mass is 1000 g/mol. The summed E-state index contributed by atoms with van der Waals surface area (Å²) in [6.45, 7) is 7.83. The van der Waals surface area contributed by atoms with E-state index in [-0.39, 0.29) is 0 Å². The van der Waals surface area contributed by atoms with Gasteiger partial charge in [0.05, 0.1) is 22.3 Å². The molecule has 0 unspecified atom stereocenters. The van der Waals surface area contributed by atoms with Crippen LogP contribution in [0.25, 0.3) is 23.0 Å². The third-order valence-electron chi connectivity index (χ3n) is 12.5. The van der Waals surface area contributed by atoms with Gasteiger partial charge in [-0.3, -0.25) is 0 Å². The summed E-state index contributed by atoms with van der Waals surface area (Å²) >= 11 is 0. The Morgan fingerprint density at radius 2 is 0.447 bits per heavy atom. The number of hydrogen-bond donors (Lipinski definition) is 0. The van der Waals surface area contributed by atoms with E-state index < -0.39 is 23.9 Å². The molecule has 76 heavy (non-hydrogen) atoms. The van der Waals surface area contributed by atoms with Gasteiger partial charge < -0.3 is 28.4 Å². The van der Waals surface area contributed by atoms with Gasteiger partial charge in [-0.25, -0.2) is 19.2 Å². The summed E-state index contributed by atoms with van der Waals surface area (Å²) in [7, 11) is 0. The number of rotatable bonds is 12. The van der Waals surface area contributed by atoms with Gasteiger partial charge in [-0.05, 0) is 160 Å². The van der Waals surface area contributed by atoms with E-state index in [4.69, 9.17) is 28.4 Å². The van der Waals surface area contributed by atoms with Crippen LogP contribution < -0.4 is 18.9 Å². The van der Waals surface area contributed by atoms with Crippen molar-refractivity contribution in [3.8, 4) is 23.0 Å². The highest BCUT2D eigenvalue weighted by Gasteiger charge is 2.23. The fourth-order valence-electron chi connectivity index (χ4n) is 8.08. The minimum absolute atomic E-state index is 0.344. The summed E-state index contributed by atoms with van der Waals surface area (Å²) in [5.41, 5.74) is 9.64. The van der Waals surface area contributed by atoms with Crippen molar-refractivity contribution in [3.63, 3.8) is 0 Å². The number of hydrogen-bond acceptors (Lipinski definition) is 10. The minimum Gasteiger partial charge on any atom is -0.456 e. The van der Waals surface area contributed by atoms with E-state index in [1.807, 2.05) is 101 Å². The van der Waals surface area contributed by atoms with Gasteiger partial charge in [0, 0.05) is 22.3 Å². The van der Waals surface area contributed by atoms with Crippen LogP contribution in [0.5, 0.6) is 23.0 Å². The molecule has 8 aromatic rings. The van der Waals surface area contributed by atoms with Gasteiger partial charge in [0.15, 0.2) is 0 Å². The zero-order valence-electron chi connectivity index (χ0n) is 41.9. The van der Waals surface area contributed by atoms with Crippen LogP contribution in [0.3, 0.4) is 0 Å². The Kier molecular flexibility index (Phi) is 14.3. The SMILES string of the molecule is Cc1ccc(OC(=O)c2ccc(C3=CC(=C4C=C(c5ccc(C(=O)Oc6ccc(C)cc6)cc5)OC(c5ccc(C(=O)Oc6ccc(C)cc6)cc5)=C4)C=C(c4ccc(C(=O)Oc5ccc(C)cc5)cc4)O3)cc2)cc1. The molecule has 0 bridgehead atoms. The lowest BCUT2D eigenvalue weighted by molar-refractivity contribution is 0.0725. The molecule has 0 saturated heterocycles. The van der Waals surface area contributed by atoms with Crippen LogP contribution in [-0.2, 0) is 9.47 Å². The molecule has 0 aliphatic carbocycles. The lowest BCUT2D eigenvalue weighted by atomic mass is 9.95. The first-order valence-corrected chi connectivity index (χ1v) is 24.4. The molecule has 0 radical (unpaired) electrons. The predicted molar refractivity (Wildman–Crippen MR) is 291 cm³/mol. The second-order valence-corrected chi connectivity index (χ2v) is 18.3. The molecule has 0 saturated carbocycles. The van der Waals surface area contributed by atoms with Gasteiger partial charge in [0.2, 0.25) is 0 Å². The van der Waals surface area contributed by atoms with Gasteiger partial charge >= 0.3 is 23.9 Å². The molecule has 0 N–H and O–H groups in total. The topological polar surface area (TPSA) is 124 Å². The quantitative estimate of drug-likeness (QED) is 0.0863. The fraction of sp³-hybridized carbons (Fsp3) is 0.0606. The largest absolute Gasteiger partial charge is 0.456 e. The Morgan fingerprint density at radius 1 is 0.263 bits per heavy atom. The third-order valence-corrected chi connectivity index (χ3v) is 12.5. The van der Waals surface area contributed by atoms with Crippen molar-refractivity contribution >= 4 is 46.9 Å². The highest BCUT2D eigenvalue weighted by atomic mass is 16.5. The summed E-state index contributed by atoms with van der Waals surface area (Å²) < 4.78 is 36.0. The molecule has 10 heteroatoms. The molecule has 8 aromatic carbocycles. The lowest BCUT2D eigenvalue weighted by Gasteiger charge is -2.23. The number of ether oxygens (including phenoxy) is 6. The van der Waals surface area contributed by atoms with Crippen LogP contribution in [0.1, 0.15) is 85.9 Å². The van der Waals surface area contributed by atoms with E-state index in [1.54, 1.807) is 146 Å². The van der Waals surface area contributed by atoms with Crippen LogP contribution in [0, 0.1) is 27.7 Å². The Bertz CT molecular complexity index is 3170. The first kappa shape index (κ1) is 49.5. The van der Waals surface area contributed by atoms with Crippen molar-refractivity contribution < 1.29 is 47.6 Å². The second kappa shape index (κ2) is 22.0. The first-order valence-electron chi connectivity index (χ1n) is 24.4. The van der Waals surface area contributed by atoms with E-state index in [2.05, 4.69) is 0 Å². The standard InChI is InChI=1S/C66H48O10/c1-41-5-29-55(30-6-41)71-63(67)49-21-13-45(14-22-49)59-37-53(38-60(75-59)46-15-23-50(24-16-46)64(68)72-56-31-7-42(2)8-32-56)54-39-61(47-17-25-51(26-18-47)65(69)73-57-33-9-43(3)10-34-57)76-62(40-54)48-19-27-52(28-20-48)66(70)74-58-35-11-44(4)12-36-58/h5-40H,1-4H3. The van der Waals surface area contributed by atoms with Crippen molar-refractivity contribution in [1.82, 2.24) is 0 Å². The normalized spacial score (nSPS) is 12.9.